The summed E-state index contributed by atoms with van der Waals surface area (Å²) in [4.78, 5) is 12.1. The highest BCUT2D eigenvalue weighted by Crippen LogP contribution is 2.21. The van der Waals surface area contributed by atoms with Gasteiger partial charge in [-0.1, -0.05) is 39.0 Å². The Morgan fingerprint density at radius 3 is 2.60 bits per heavy atom. The monoisotopic (exact) mass is 278 g/mol. The molecule has 0 aliphatic heterocycles. The minimum atomic E-state index is -0.165. The van der Waals surface area contributed by atoms with Gasteiger partial charge >= 0.3 is 0 Å². The van der Waals surface area contributed by atoms with Crippen LogP contribution in [0.4, 0.5) is 5.69 Å². The second-order valence-electron chi connectivity index (χ2n) is 6.02. The number of carbonyl (C=O) groups excluding carboxylic acids is 1. The van der Waals surface area contributed by atoms with Gasteiger partial charge in [0, 0.05) is 30.3 Å². The Kier molecular flexibility index (Phi) is 6.17. The minimum absolute atomic E-state index is 0.0589. The van der Waals surface area contributed by atoms with E-state index in [0.717, 1.165) is 11.3 Å². The first-order valence-electron chi connectivity index (χ1n) is 7.05. The third kappa shape index (κ3) is 5.31. The zero-order valence-electron chi connectivity index (χ0n) is 12.9. The van der Waals surface area contributed by atoms with Crippen LogP contribution < -0.4 is 11.1 Å². The van der Waals surface area contributed by atoms with E-state index in [1.165, 1.54) is 0 Å². The number of hydrogen-bond donors (Lipinski definition) is 2. The Hall–Kier alpha value is -1.39. The van der Waals surface area contributed by atoms with Crippen molar-refractivity contribution in [3.05, 3.63) is 29.8 Å². The van der Waals surface area contributed by atoms with Gasteiger partial charge in [-0.15, -0.1) is 0 Å². The lowest BCUT2D eigenvalue weighted by Crippen LogP contribution is -2.38. The van der Waals surface area contributed by atoms with Crippen LogP contribution in [0, 0.1) is 5.41 Å². The van der Waals surface area contributed by atoms with E-state index in [1.54, 1.807) is 0 Å². The minimum Gasteiger partial charge on any atom is -0.377 e. The summed E-state index contributed by atoms with van der Waals surface area (Å²) >= 11 is 0. The number of ether oxygens (including phenoxy) is 1. The van der Waals surface area contributed by atoms with Gasteiger partial charge in [0.2, 0.25) is 5.91 Å². The molecule has 0 heterocycles. The predicted molar refractivity (Wildman–Crippen MR) is 82.4 cm³/mol. The third-order valence-electron chi connectivity index (χ3n) is 3.27. The van der Waals surface area contributed by atoms with E-state index in [2.05, 4.69) is 5.32 Å². The first-order valence-corrected chi connectivity index (χ1v) is 7.05. The number of carbonyl (C=O) groups is 1. The lowest BCUT2D eigenvalue weighted by Gasteiger charge is -2.26. The van der Waals surface area contributed by atoms with Crippen molar-refractivity contribution in [3.8, 4) is 0 Å². The van der Waals surface area contributed by atoms with Crippen molar-refractivity contribution in [2.45, 2.75) is 46.8 Å². The molecular weight excluding hydrogens is 252 g/mol. The number of nitrogens with one attached hydrogen (secondary N) is 1. The summed E-state index contributed by atoms with van der Waals surface area (Å²) in [7, 11) is 0. The van der Waals surface area contributed by atoms with Crippen LogP contribution in [0.2, 0.25) is 0 Å². The maximum atomic E-state index is 12.1. The molecule has 20 heavy (non-hydrogen) atoms. The smallest absolute Gasteiger partial charge is 0.225 e. The molecule has 0 aromatic heterocycles. The molecule has 0 saturated heterocycles. The van der Waals surface area contributed by atoms with Gasteiger partial charge in [0.1, 0.15) is 0 Å². The Morgan fingerprint density at radius 1 is 1.35 bits per heavy atom. The molecule has 1 unspecified atom stereocenters. The van der Waals surface area contributed by atoms with Crippen LogP contribution in [0.3, 0.4) is 0 Å². The van der Waals surface area contributed by atoms with Crippen LogP contribution >= 0.6 is 0 Å². The molecule has 4 nitrogen and oxygen atoms in total. The number of amides is 1. The quantitative estimate of drug-likeness (QED) is 0.841. The van der Waals surface area contributed by atoms with Crippen LogP contribution in [0.15, 0.2) is 24.3 Å². The summed E-state index contributed by atoms with van der Waals surface area (Å²) in [5.74, 6) is -0.0589. The van der Waals surface area contributed by atoms with Gasteiger partial charge in [-0.25, -0.2) is 0 Å². The highest BCUT2D eigenvalue weighted by molar-refractivity contribution is 5.91. The summed E-state index contributed by atoms with van der Waals surface area (Å²) < 4.78 is 5.40. The van der Waals surface area contributed by atoms with E-state index in [0.29, 0.717) is 19.6 Å². The van der Waals surface area contributed by atoms with E-state index in [-0.39, 0.29) is 17.4 Å². The van der Waals surface area contributed by atoms with Gasteiger partial charge in [0.25, 0.3) is 0 Å². The molecule has 112 valence electrons. The number of para-hydroxylation sites is 1. The van der Waals surface area contributed by atoms with Gasteiger partial charge in [-0.3, -0.25) is 4.79 Å². The lowest BCUT2D eigenvalue weighted by molar-refractivity contribution is -0.117. The molecule has 0 fully saturated rings. The molecular formula is C16H26N2O2. The fraction of sp³-hybridized carbons (Fsp3) is 0.562. The van der Waals surface area contributed by atoms with Crippen molar-refractivity contribution in [2.24, 2.45) is 11.1 Å². The summed E-state index contributed by atoms with van der Waals surface area (Å²) in [5.41, 5.74) is 7.73. The van der Waals surface area contributed by atoms with E-state index in [4.69, 9.17) is 10.5 Å². The SMILES string of the molecule is CCOCc1ccccc1NC(=O)CC(N)C(C)(C)C. The average Bonchev–Trinajstić information content (AvgIpc) is 2.36. The first kappa shape index (κ1) is 16.7. The number of hydrogen-bond acceptors (Lipinski definition) is 3. The number of nitrogens with two attached hydrogens (primary N) is 1. The lowest BCUT2D eigenvalue weighted by atomic mass is 9.85. The fourth-order valence-corrected chi connectivity index (χ4v) is 1.69. The van der Waals surface area contributed by atoms with Crippen molar-refractivity contribution >= 4 is 11.6 Å². The van der Waals surface area contributed by atoms with Gasteiger partial charge in [-0.05, 0) is 18.4 Å². The molecule has 0 saturated carbocycles. The van der Waals surface area contributed by atoms with Crippen LogP contribution in [0.25, 0.3) is 0 Å². The number of anilines is 1. The fourth-order valence-electron chi connectivity index (χ4n) is 1.69. The van der Waals surface area contributed by atoms with Crippen molar-refractivity contribution < 1.29 is 9.53 Å². The topological polar surface area (TPSA) is 64.3 Å². The maximum Gasteiger partial charge on any atom is 0.225 e. The van der Waals surface area contributed by atoms with Crippen LogP contribution in [0.5, 0.6) is 0 Å². The Balaban J connectivity index is 2.66. The predicted octanol–water partition coefficient (Wildman–Crippen LogP) is 2.93. The van der Waals surface area contributed by atoms with Gasteiger partial charge in [0.15, 0.2) is 0 Å². The molecule has 0 spiro atoms. The molecule has 3 N–H and O–H groups in total. The number of benzene rings is 1. The highest BCUT2D eigenvalue weighted by Gasteiger charge is 2.23. The van der Waals surface area contributed by atoms with Gasteiger partial charge < -0.3 is 15.8 Å². The summed E-state index contributed by atoms with van der Waals surface area (Å²) in [6.45, 7) is 9.20. The van der Waals surface area contributed by atoms with Crippen molar-refractivity contribution in [1.82, 2.24) is 0 Å². The van der Waals surface area contributed by atoms with E-state index in [9.17, 15) is 4.79 Å². The van der Waals surface area contributed by atoms with Crippen LogP contribution in [-0.4, -0.2) is 18.6 Å². The Morgan fingerprint density at radius 2 is 2.00 bits per heavy atom. The van der Waals surface area contributed by atoms with Crippen molar-refractivity contribution in [1.29, 1.82) is 0 Å². The van der Waals surface area contributed by atoms with Gasteiger partial charge in [-0.2, -0.15) is 0 Å². The van der Waals surface area contributed by atoms with E-state index < -0.39 is 0 Å². The zero-order chi connectivity index (χ0) is 15.2. The van der Waals surface area contributed by atoms with Crippen LogP contribution in [0.1, 0.15) is 39.7 Å². The first-order chi connectivity index (χ1) is 9.34. The summed E-state index contributed by atoms with van der Waals surface area (Å²) in [5, 5.41) is 2.92. The molecule has 0 bridgehead atoms. The summed E-state index contributed by atoms with van der Waals surface area (Å²) in [6, 6.07) is 7.50. The molecule has 1 amide bonds. The average molecular weight is 278 g/mol. The van der Waals surface area contributed by atoms with Crippen molar-refractivity contribution in [2.75, 3.05) is 11.9 Å². The largest absolute Gasteiger partial charge is 0.377 e. The Labute approximate surface area is 121 Å². The molecule has 1 rings (SSSR count). The molecule has 0 aliphatic carbocycles. The summed E-state index contributed by atoms with van der Waals surface area (Å²) in [6.07, 6.45) is 0.312. The maximum absolute atomic E-state index is 12.1. The standard InChI is InChI=1S/C16H26N2O2/c1-5-20-11-12-8-6-7-9-13(12)18-15(19)10-14(17)16(2,3)4/h6-9,14H,5,10-11,17H2,1-4H3,(H,18,19). The highest BCUT2D eigenvalue weighted by atomic mass is 16.5. The van der Waals surface area contributed by atoms with Crippen LogP contribution in [-0.2, 0) is 16.1 Å². The Bertz CT molecular complexity index is 438. The molecule has 1 aromatic rings. The number of rotatable bonds is 6. The molecule has 0 aliphatic rings. The van der Waals surface area contributed by atoms with E-state index >= 15 is 0 Å². The zero-order valence-corrected chi connectivity index (χ0v) is 12.9. The molecule has 0 radical (unpaired) electrons. The third-order valence-corrected chi connectivity index (χ3v) is 3.27. The molecule has 1 aromatic carbocycles. The van der Waals surface area contributed by atoms with Crippen molar-refractivity contribution in [3.63, 3.8) is 0 Å². The van der Waals surface area contributed by atoms with E-state index in [1.807, 2.05) is 52.0 Å². The molecule has 4 heteroatoms. The second kappa shape index (κ2) is 7.41. The second-order valence-corrected chi connectivity index (χ2v) is 6.02. The molecule has 1 atom stereocenters. The van der Waals surface area contributed by atoms with Gasteiger partial charge in [0.05, 0.1) is 6.61 Å². The normalized spacial score (nSPS) is 13.1.